The van der Waals surface area contributed by atoms with Crippen molar-refractivity contribution in [2.75, 3.05) is 0 Å². The highest BCUT2D eigenvalue weighted by molar-refractivity contribution is 6.12. The van der Waals surface area contributed by atoms with Crippen molar-refractivity contribution in [1.29, 1.82) is 10.5 Å². The second kappa shape index (κ2) is 5.98. The van der Waals surface area contributed by atoms with Crippen LogP contribution >= 0.6 is 0 Å². The molecular formula is C26H13N3O. The Labute approximate surface area is 171 Å². The molecule has 0 saturated heterocycles. The molecule has 0 radical (unpaired) electrons. The molecule has 2 aromatic heterocycles. The summed E-state index contributed by atoms with van der Waals surface area (Å²) in [4.78, 5) is 0. The predicted octanol–water partition coefficient (Wildman–Crippen LogP) is 6.43. The minimum absolute atomic E-state index is 0.603. The van der Waals surface area contributed by atoms with Gasteiger partial charge in [0.15, 0.2) is 0 Å². The molecule has 0 atom stereocenters. The van der Waals surface area contributed by atoms with Gasteiger partial charge in [-0.3, -0.25) is 0 Å². The summed E-state index contributed by atoms with van der Waals surface area (Å²) in [6.45, 7) is 0. The topological polar surface area (TPSA) is 65.7 Å². The maximum atomic E-state index is 9.66. The zero-order valence-electron chi connectivity index (χ0n) is 15.8. The summed E-state index contributed by atoms with van der Waals surface area (Å²) in [5, 5.41) is 22.8. The van der Waals surface area contributed by atoms with E-state index in [1.165, 1.54) is 0 Å². The summed E-state index contributed by atoms with van der Waals surface area (Å²) in [7, 11) is 0. The Morgan fingerprint density at radius 2 is 1.43 bits per heavy atom. The predicted molar refractivity (Wildman–Crippen MR) is 117 cm³/mol. The zero-order valence-corrected chi connectivity index (χ0v) is 15.8. The molecule has 0 unspecified atom stereocenters. The van der Waals surface area contributed by atoms with Crippen molar-refractivity contribution in [3.63, 3.8) is 0 Å². The molecule has 0 N–H and O–H groups in total. The number of rotatable bonds is 1. The Balaban J connectivity index is 1.74. The fraction of sp³-hybridized carbons (Fsp3) is 0. The van der Waals surface area contributed by atoms with Gasteiger partial charge in [-0.25, -0.2) is 0 Å². The Hall–Kier alpha value is -4.54. The van der Waals surface area contributed by atoms with E-state index in [4.69, 9.17) is 4.42 Å². The Morgan fingerprint density at radius 1 is 0.667 bits per heavy atom. The van der Waals surface area contributed by atoms with E-state index in [9.17, 15) is 10.5 Å². The first-order chi connectivity index (χ1) is 14.8. The van der Waals surface area contributed by atoms with Crippen molar-refractivity contribution in [1.82, 2.24) is 4.57 Å². The third kappa shape index (κ3) is 2.13. The number of nitrogens with zero attached hydrogens (tertiary/aromatic N) is 3. The smallest absolute Gasteiger partial charge is 0.135 e. The molecule has 0 aliphatic heterocycles. The highest BCUT2D eigenvalue weighted by atomic mass is 16.3. The first-order valence-electron chi connectivity index (χ1n) is 9.57. The average molecular weight is 383 g/mol. The van der Waals surface area contributed by atoms with Crippen molar-refractivity contribution >= 4 is 43.7 Å². The van der Waals surface area contributed by atoms with Gasteiger partial charge in [0, 0.05) is 27.2 Å². The van der Waals surface area contributed by atoms with Gasteiger partial charge in [-0.15, -0.1) is 0 Å². The molecule has 138 valence electrons. The molecule has 6 aromatic rings. The van der Waals surface area contributed by atoms with Gasteiger partial charge in [0.1, 0.15) is 11.2 Å². The number of hydrogen-bond acceptors (Lipinski definition) is 3. The van der Waals surface area contributed by atoms with E-state index in [1.807, 2.05) is 54.6 Å². The van der Waals surface area contributed by atoms with Crippen molar-refractivity contribution in [3.05, 3.63) is 90.0 Å². The molecule has 4 aromatic carbocycles. The van der Waals surface area contributed by atoms with Gasteiger partial charge in [-0.1, -0.05) is 24.3 Å². The lowest BCUT2D eigenvalue weighted by Crippen LogP contribution is -1.93. The molecule has 6 rings (SSSR count). The van der Waals surface area contributed by atoms with Crippen LogP contribution in [0.4, 0.5) is 0 Å². The third-order valence-electron chi connectivity index (χ3n) is 5.66. The number of aromatic nitrogens is 1. The van der Waals surface area contributed by atoms with Crippen LogP contribution in [0.2, 0.25) is 0 Å². The summed E-state index contributed by atoms with van der Waals surface area (Å²) >= 11 is 0. The van der Waals surface area contributed by atoms with Gasteiger partial charge < -0.3 is 8.98 Å². The fourth-order valence-electron chi connectivity index (χ4n) is 4.36. The maximum absolute atomic E-state index is 9.66. The molecule has 4 nitrogen and oxygen atoms in total. The highest BCUT2D eigenvalue weighted by Gasteiger charge is 2.16. The SMILES string of the molecule is N#Cc1ccc2oc3ccc(-n4c5ccccc5c5c(C#N)cccc54)cc3c2c1. The number of benzene rings is 4. The Bertz CT molecular complexity index is 1720. The number of para-hydroxylation sites is 1. The zero-order chi connectivity index (χ0) is 20.2. The van der Waals surface area contributed by atoms with Crippen LogP contribution in [0.25, 0.3) is 49.4 Å². The van der Waals surface area contributed by atoms with E-state index < -0.39 is 0 Å². The molecule has 0 bridgehead atoms. The van der Waals surface area contributed by atoms with Crippen molar-refractivity contribution < 1.29 is 4.42 Å². The summed E-state index contributed by atoms with van der Waals surface area (Å²) in [5.74, 6) is 0. The van der Waals surface area contributed by atoms with Crippen LogP contribution < -0.4 is 0 Å². The molecule has 0 spiro atoms. The number of nitriles is 2. The third-order valence-corrected chi connectivity index (χ3v) is 5.66. The Kier molecular flexibility index (Phi) is 3.27. The van der Waals surface area contributed by atoms with Gasteiger partial charge >= 0.3 is 0 Å². The Morgan fingerprint density at radius 3 is 2.27 bits per heavy atom. The van der Waals surface area contributed by atoms with Crippen LogP contribution in [0.5, 0.6) is 0 Å². The fourth-order valence-corrected chi connectivity index (χ4v) is 4.36. The van der Waals surface area contributed by atoms with Crippen LogP contribution in [-0.4, -0.2) is 4.57 Å². The second-order valence-corrected chi connectivity index (χ2v) is 7.27. The van der Waals surface area contributed by atoms with Crippen molar-refractivity contribution in [2.24, 2.45) is 0 Å². The average Bonchev–Trinajstić information content (AvgIpc) is 3.33. The molecular weight excluding hydrogens is 370 g/mol. The minimum Gasteiger partial charge on any atom is -0.456 e. The van der Waals surface area contributed by atoms with Crippen LogP contribution in [0.1, 0.15) is 11.1 Å². The molecule has 0 fully saturated rings. The van der Waals surface area contributed by atoms with Crippen molar-refractivity contribution in [3.8, 4) is 17.8 Å². The van der Waals surface area contributed by atoms with Gasteiger partial charge in [0.05, 0.1) is 34.3 Å². The van der Waals surface area contributed by atoms with E-state index in [2.05, 4.69) is 34.9 Å². The number of furan rings is 1. The standard InChI is InChI=1S/C26H13N3O/c27-14-16-8-10-24-20(12-16)21-13-18(9-11-25(21)30-24)29-22-6-2-1-5-19(22)26-17(15-28)4-3-7-23(26)29/h1-13H. The van der Waals surface area contributed by atoms with Crippen LogP contribution in [0.3, 0.4) is 0 Å². The van der Waals surface area contributed by atoms with E-state index in [0.29, 0.717) is 11.1 Å². The molecule has 4 heteroatoms. The molecule has 30 heavy (non-hydrogen) atoms. The van der Waals surface area contributed by atoms with Gasteiger partial charge in [0.25, 0.3) is 0 Å². The van der Waals surface area contributed by atoms with E-state index in [0.717, 1.165) is 49.4 Å². The summed E-state index contributed by atoms with van der Waals surface area (Å²) in [6.07, 6.45) is 0. The maximum Gasteiger partial charge on any atom is 0.135 e. The summed E-state index contributed by atoms with van der Waals surface area (Å²) in [5.41, 5.74) is 5.81. The molecule has 0 saturated carbocycles. The number of hydrogen-bond donors (Lipinski definition) is 0. The monoisotopic (exact) mass is 383 g/mol. The first-order valence-corrected chi connectivity index (χ1v) is 9.57. The molecule has 0 amide bonds. The van der Waals surface area contributed by atoms with Gasteiger partial charge in [-0.2, -0.15) is 10.5 Å². The lowest BCUT2D eigenvalue weighted by molar-refractivity contribution is 0.669. The van der Waals surface area contributed by atoms with E-state index in [1.54, 1.807) is 6.07 Å². The van der Waals surface area contributed by atoms with Crippen LogP contribution in [-0.2, 0) is 0 Å². The van der Waals surface area contributed by atoms with Crippen molar-refractivity contribution in [2.45, 2.75) is 0 Å². The largest absolute Gasteiger partial charge is 0.456 e. The summed E-state index contributed by atoms with van der Waals surface area (Å²) in [6, 6.07) is 30.0. The quantitative estimate of drug-likeness (QED) is 0.329. The lowest BCUT2D eigenvalue weighted by atomic mass is 10.1. The van der Waals surface area contributed by atoms with E-state index in [-0.39, 0.29) is 0 Å². The van der Waals surface area contributed by atoms with Gasteiger partial charge in [0.2, 0.25) is 0 Å². The second-order valence-electron chi connectivity index (χ2n) is 7.27. The summed E-state index contributed by atoms with van der Waals surface area (Å²) < 4.78 is 8.15. The van der Waals surface area contributed by atoms with Crippen LogP contribution in [0, 0.1) is 22.7 Å². The normalized spacial score (nSPS) is 11.3. The molecule has 0 aliphatic rings. The number of fused-ring (bicyclic) bond motifs is 6. The van der Waals surface area contributed by atoms with Gasteiger partial charge in [-0.05, 0) is 54.6 Å². The lowest BCUT2D eigenvalue weighted by Gasteiger charge is -2.08. The van der Waals surface area contributed by atoms with E-state index >= 15 is 0 Å². The highest BCUT2D eigenvalue weighted by Crippen LogP contribution is 2.36. The minimum atomic E-state index is 0.603. The molecule has 0 aliphatic carbocycles. The first kappa shape index (κ1) is 16.4. The van der Waals surface area contributed by atoms with Crippen LogP contribution in [0.15, 0.2) is 83.3 Å². The molecule has 2 heterocycles.